The van der Waals surface area contributed by atoms with Crippen LogP contribution in [0.1, 0.15) is 262 Å². The number of fused-ring (bicyclic) bond motifs is 10. The Hall–Kier alpha value is -0.640. The van der Waals surface area contributed by atoms with Crippen LogP contribution in [0.15, 0.2) is 23.3 Å². The summed E-state index contributed by atoms with van der Waals surface area (Å²) in [6, 6.07) is 0.721. The first kappa shape index (κ1) is 54.6. The average Bonchev–Trinajstić information content (AvgIpc) is 3.86. The van der Waals surface area contributed by atoms with Crippen molar-refractivity contribution in [1.82, 2.24) is 0 Å². The van der Waals surface area contributed by atoms with Crippen LogP contribution in [0.5, 0.6) is 0 Å². The highest BCUT2D eigenvalue weighted by Gasteiger charge is 2.61. The quantitative estimate of drug-likeness (QED) is 0.0749. The molecule has 0 spiro atoms. The Labute approximate surface area is 429 Å². The second kappa shape index (κ2) is 23.5. The molecule has 69 heavy (non-hydrogen) atoms. The summed E-state index contributed by atoms with van der Waals surface area (Å²) in [6.07, 6.45) is 46.6. The smallest absolute Gasteiger partial charge is 0.0466 e. The predicted molar refractivity (Wildman–Crippen MR) is 297 cm³/mol. The number of hydrogen-bond acceptors (Lipinski definition) is 3. The first-order valence-corrected chi connectivity index (χ1v) is 31.5. The van der Waals surface area contributed by atoms with Crippen molar-refractivity contribution >= 4 is 0 Å². The molecule has 0 aliphatic heterocycles. The summed E-state index contributed by atoms with van der Waals surface area (Å²) in [4.78, 5) is 0. The van der Waals surface area contributed by atoms with Gasteiger partial charge in [-0.2, -0.15) is 0 Å². The number of rotatable bonds is 24. The number of unbranched alkanes of at least 4 members (excludes halogenated alkanes) is 4. The van der Waals surface area contributed by atoms with Gasteiger partial charge in [0.2, 0.25) is 0 Å². The zero-order valence-electron chi connectivity index (χ0n) is 47.6. The maximum atomic E-state index is 7.04. The van der Waals surface area contributed by atoms with Gasteiger partial charge in [-0.05, 0) is 233 Å². The fourth-order valence-electron chi connectivity index (χ4n) is 20.3. The van der Waals surface area contributed by atoms with Gasteiger partial charge < -0.3 is 16.2 Å². The van der Waals surface area contributed by atoms with Gasteiger partial charge in [0.1, 0.15) is 0 Å². The molecule has 0 aromatic rings. The third-order valence-electron chi connectivity index (χ3n) is 24.5. The summed E-state index contributed by atoms with van der Waals surface area (Å²) in [7, 11) is 0. The van der Waals surface area contributed by atoms with Gasteiger partial charge in [0.15, 0.2) is 0 Å². The molecule has 8 rings (SSSR count). The summed E-state index contributed by atoms with van der Waals surface area (Å²) in [6.45, 7) is 27.6. The van der Waals surface area contributed by atoms with Crippen LogP contribution in [0.2, 0.25) is 0 Å². The molecule has 0 radical (unpaired) electrons. The van der Waals surface area contributed by atoms with Gasteiger partial charge >= 0.3 is 0 Å². The lowest BCUT2D eigenvalue weighted by atomic mass is 9.46. The van der Waals surface area contributed by atoms with E-state index in [1.807, 2.05) is 11.1 Å². The number of allylic oxidation sites excluding steroid dienone is 4. The molecule has 2 unspecified atom stereocenters. The Morgan fingerprint density at radius 2 is 0.884 bits per heavy atom. The minimum Gasteiger partial charge on any atom is -0.381 e. The topological polar surface area (TPSA) is 61.3 Å². The first-order chi connectivity index (χ1) is 33.0. The van der Waals surface area contributed by atoms with Crippen LogP contribution in [0, 0.1) is 105 Å². The number of ether oxygens (including phenoxy) is 1. The second-order valence-electron chi connectivity index (χ2n) is 29.2. The molecular weight excluding hydrogens is 837 g/mol. The lowest BCUT2D eigenvalue weighted by Gasteiger charge is -2.59. The maximum absolute atomic E-state index is 7.04. The van der Waals surface area contributed by atoms with Crippen LogP contribution in [-0.2, 0) is 4.74 Å². The minimum absolute atomic E-state index is 0.361. The van der Waals surface area contributed by atoms with Gasteiger partial charge in [-0.1, -0.05) is 157 Å². The van der Waals surface area contributed by atoms with Crippen LogP contribution in [0.4, 0.5) is 0 Å². The molecule has 0 amide bonds. The highest BCUT2D eigenvalue weighted by Crippen LogP contribution is 2.69. The minimum atomic E-state index is 0.361. The van der Waals surface area contributed by atoms with Gasteiger partial charge in [0.05, 0.1) is 0 Å². The Balaban J connectivity index is 0.675. The first-order valence-electron chi connectivity index (χ1n) is 31.5. The van der Waals surface area contributed by atoms with Crippen molar-refractivity contribution < 1.29 is 4.74 Å². The summed E-state index contributed by atoms with van der Waals surface area (Å²) in [5.41, 5.74) is 19.8. The Kier molecular flexibility index (Phi) is 18.6. The standard InChI is InChI=1S/C66H116N2O/c1-45(2)19-17-21-47(5)55-29-31-57-53-27-25-51-43-49(33-37-63(51,7)59(53)35-39-65(55,57)9)61(67)23-13-11-15-41-69-42-16-12-14-24-62(68)50-34-38-64(8)52(44-50)26-28-54-58-32-30-56(48(6)22-18-20-46(3)4)66(58,10)40-36-60(54)64/h25-26,45-50,53-62H,11-24,27-44,67-68H2,1-10H3/t47-,48-,49+,50+,53+,54+,55-,56-,57+,58+,59+,60+,61?,62?,63+,64+,65-,66-/m1/s1. The van der Waals surface area contributed by atoms with Crippen molar-refractivity contribution in [1.29, 1.82) is 0 Å². The zero-order chi connectivity index (χ0) is 49.1. The monoisotopic (exact) mass is 953 g/mol. The van der Waals surface area contributed by atoms with E-state index in [1.165, 1.54) is 193 Å². The van der Waals surface area contributed by atoms with Gasteiger partial charge in [0.25, 0.3) is 0 Å². The molecule has 6 fully saturated rings. The molecule has 6 saturated carbocycles. The van der Waals surface area contributed by atoms with E-state index >= 15 is 0 Å². The summed E-state index contributed by atoms with van der Waals surface area (Å²) >= 11 is 0. The van der Waals surface area contributed by atoms with Crippen molar-refractivity contribution in [3.63, 3.8) is 0 Å². The highest BCUT2D eigenvalue weighted by atomic mass is 16.5. The molecular formula is C66H116N2O. The Morgan fingerprint density at radius 1 is 0.464 bits per heavy atom. The van der Waals surface area contributed by atoms with E-state index in [0.29, 0.717) is 45.6 Å². The lowest BCUT2D eigenvalue weighted by molar-refractivity contribution is -0.0534. The third kappa shape index (κ3) is 11.6. The normalized spacial score (nSPS) is 41.2. The van der Waals surface area contributed by atoms with Gasteiger partial charge in [-0.25, -0.2) is 0 Å². The molecule has 3 nitrogen and oxygen atoms in total. The van der Waals surface area contributed by atoms with Crippen molar-refractivity contribution in [2.75, 3.05) is 13.2 Å². The fourth-order valence-corrected chi connectivity index (χ4v) is 20.3. The summed E-state index contributed by atoms with van der Waals surface area (Å²) in [5, 5.41) is 0. The number of nitrogens with two attached hydrogens (primary N) is 2. The molecule has 0 aromatic heterocycles. The SMILES string of the molecule is CC(C)CCC[C@@H](C)[C@H]1CC[C@H]2[C@@H]3CC=C4C[C@@H](C(N)CCCCCOCCCCCC(N)[C@H]5CC[C@@]6(C)C(=CC[C@H]7[C@@H]8CC[C@H]([C@H](C)CCCC(C)C)[C@@]8(C)CC[C@@H]76)C5)CC[C@]4(C)[C@H]3CC[C@]12C. The van der Waals surface area contributed by atoms with E-state index in [9.17, 15) is 0 Å². The molecule has 8 aliphatic rings. The molecule has 3 heteroatoms. The molecule has 0 aromatic carbocycles. The molecule has 4 N–H and O–H groups in total. The molecule has 0 bridgehead atoms. The van der Waals surface area contributed by atoms with Crippen LogP contribution in [-0.4, -0.2) is 25.3 Å². The van der Waals surface area contributed by atoms with E-state index in [4.69, 9.17) is 16.2 Å². The fraction of sp³-hybridized carbons (Fsp3) is 0.939. The van der Waals surface area contributed by atoms with E-state index in [2.05, 4.69) is 81.4 Å². The van der Waals surface area contributed by atoms with Crippen LogP contribution >= 0.6 is 0 Å². The summed E-state index contributed by atoms with van der Waals surface area (Å²) in [5.74, 6) is 12.3. The van der Waals surface area contributed by atoms with Crippen molar-refractivity contribution in [2.45, 2.75) is 274 Å². The lowest BCUT2D eigenvalue weighted by Crippen LogP contribution is -2.51. The van der Waals surface area contributed by atoms with Crippen molar-refractivity contribution in [3.05, 3.63) is 23.3 Å². The van der Waals surface area contributed by atoms with Gasteiger partial charge in [0, 0.05) is 25.3 Å². The highest BCUT2D eigenvalue weighted by molar-refractivity contribution is 5.27. The van der Waals surface area contributed by atoms with E-state index < -0.39 is 0 Å². The van der Waals surface area contributed by atoms with Gasteiger partial charge in [-0.15, -0.1) is 0 Å². The largest absolute Gasteiger partial charge is 0.381 e. The predicted octanol–water partition coefficient (Wildman–Crippen LogP) is 18.1. The van der Waals surface area contributed by atoms with Crippen LogP contribution in [0.25, 0.3) is 0 Å². The molecule has 8 aliphatic carbocycles. The third-order valence-corrected chi connectivity index (χ3v) is 24.5. The number of hydrogen-bond donors (Lipinski definition) is 2. The van der Waals surface area contributed by atoms with Crippen molar-refractivity contribution in [2.24, 2.45) is 116 Å². The average molecular weight is 954 g/mol. The molecule has 0 saturated heterocycles. The maximum Gasteiger partial charge on any atom is 0.0466 e. The van der Waals surface area contributed by atoms with E-state index in [1.54, 1.807) is 0 Å². The summed E-state index contributed by atoms with van der Waals surface area (Å²) < 4.78 is 6.18. The second-order valence-corrected chi connectivity index (χ2v) is 29.2. The molecule has 0 heterocycles. The van der Waals surface area contributed by atoms with Crippen LogP contribution < -0.4 is 11.5 Å². The van der Waals surface area contributed by atoms with Crippen molar-refractivity contribution in [3.8, 4) is 0 Å². The van der Waals surface area contributed by atoms with E-state index in [-0.39, 0.29) is 0 Å². The zero-order valence-corrected chi connectivity index (χ0v) is 47.6. The molecule has 18 atom stereocenters. The van der Waals surface area contributed by atoms with E-state index in [0.717, 1.165) is 84.2 Å². The Morgan fingerprint density at radius 3 is 1.29 bits per heavy atom. The molecule has 396 valence electrons. The Bertz CT molecular complexity index is 1560. The van der Waals surface area contributed by atoms with Crippen LogP contribution in [0.3, 0.4) is 0 Å². The van der Waals surface area contributed by atoms with Gasteiger partial charge in [-0.3, -0.25) is 0 Å².